The molecule has 10 aromatic rings. The molecular formula is C62H65ClN2O. The molecule has 66 heavy (non-hydrogen) atoms. The van der Waals surface area contributed by atoms with Gasteiger partial charge in [0, 0.05) is 43.6 Å². The molecule has 336 valence electrons. The number of rotatable bonds is 3. The van der Waals surface area contributed by atoms with Gasteiger partial charge in [0.25, 0.3) is 0 Å². The van der Waals surface area contributed by atoms with Crippen molar-refractivity contribution < 1.29 is 4.42 Å². The molecule has 3 nitrogen and oxygen atoms in total. The van der Waals surface area contributed by atoms with Crippen LogP contribution in [0.2, 0.25) is 5.02 Å². The average Bonchev–Trinajstić information content (AvgIpc) is 3.90. The van der Waals surface area contributed by atoms with Gasteiger partial charge in [-0.05, 0) is 127 Å². The summed E-state index contributed by atoms with van der Waals surface area (Å²) in [4.78, 5) is 3.89. The third kappa shape index (κ3) is 7.25. The van der Waals surface area contributed by atoms with Crippen LogP contribution in [0.25, 0.3) is 93.5 Å². The number of nitrogens with one attached hydrogen (secondary N) is 1. The van der Waals surface area contributed by atoms with Crippen LogP contribution in [0.1, 0.15) is 132 Å². The van der Waals surface area contributed by atoms with Crippen molar-refractivity contribution in [1.29, 1.82) is 0 Å². The van der Waals surface area contributed by atoms with Crippen molar-refractivity contribution >= 4 is 77.2 Å². The minimum absolute atomic E-state index is 0.0264. The van der Waals surface area contributed by atoms with E-state index in [-0.39, 0.29) is 27.1 Å². The van der Waals surface area contributed by atoms with Crippen molar-refractivity contribution in [1.82, 2.24) is 9.55 Å². The second kappa shape index (κ2) is 14.6. The van der Waals surface area contributed by atoms with Crippen LogP contribution in [0.3, 0.4) is 0 Å². The van der Waals surface area contributed by atoms with E-state index in [1.54, 1.807) is 0 Å². The summed E-state index contributed by atoms with van der Waals surface area (Å²) in [5, 5.41) is 7.71. The van der Waals surface area contributed by atoms with Crippen molar-refractivity contribution in [2.24, 2.45) is 0 Å². The first kappa shape index (κ1) is 44.1. The highest BCUT2D eigenvalue weighted by Gasteiger charge is 2.28. The zero-order chi connectivity index (χ0) is 47.2. The first-order valence-corrected chi connectivity index (χ1v) is 24.2. The second-order valence-electron chi connectivity index (χ2n) is 24.2. The smallest absolute Gasteiger partial charge is 0.145 e. The molecule has 0 fully saturated rings. The van der Waals surface area contributed by atoms with E-state index in [0.29, 0.717) is 5.02 Å². The van der Waals surface area contributed by atoms with Crippen LogP contribution < -0.4 is 0 Å². The predicted molar refractivity (Wildman–Crippen MR) is 287 cm³/mol. The molecular weight excluding hydrogens is 824 g/mol. The fraction of sp³-hybridized carbons (Fsp3) is 0.323. The van der Waals surface area contributed by atoms with Crippen LogP contribution in [0.4, 0.5) is 0 Å². The Morgan fingerprint density at radius 2 is 1.00 bits per heavy atom. The summed E-state index contributed by atoms with van der Waals surface area (Å²) in [5.41, 5.74) is 18.2. The lowest BCUT2D eigenvalue weighted by Crippen LogP contribution is -2.16. The third-order valence-electron chi connectivity index (χ3n) is 14.2. The Morgan fingerprint density at radius 1 is 0.424 bits per heavy atom. The molecule has 0 unspecified atom stereocenters. The van der Waals surface area contributed by atoms with Crippen LogP contribution >= 0.6 is 11.6 Å². The maximum atomic E-state index is 7.54. The summed E-state index contributed by atoms with van der Waals surface area (Å²) >= 11 is 7.54. The molecule has 7 aromatic carbocycles. The summed E-state index contributed by atoms with van der Waals surface area (Å²) in [6, 6.07) is 43.5. The predicted octanol–water partition coefficient (Wildman–Crippen LogP) is 18.8. The number of hydrogen-bond donors (Lipinski definition) is 1. The molecule has 0 radical (unpaired) electrons. The highest BCUT2D eigenvalue weighted by molar-refractivity contribution is 6.33. The van der Waals surface area contributed by atoms with Crippen LogP contribution in [-0.4, -0.2) is 9.55 Å². The topological polar surface area (TPSA) is 33.9 Å². The number of halogens is 1. The molecule has 0 spiro atoms. The van der Waals surface area contributed by atoms with Gasteiger partial charge in [0.15, 0.2) is 0 Å². The Bertz CT molecular complexity index is 3590. The van der Waals surface area contributed by atoms with E-state index in [0.717, 1.165) is 77.2 Å². The molecule has 3 aromatic heterocycles. The molecule has 0 bridgehead atoms. The Labute approximate surface area is 396 Å². The Hall–Kier alpha value is -5.77. The number of H-pyrrole nitrogens is 1. The van der Waals surface area contributed by atoms with Gasteiger partial charge in [0.1, 0.15) is 11.2 Å². The maximum absolute atomic E-state index is 7.54. The van der Waals surface area contributed by atoms with Crippen molar-refractivity contribution in [3.63, 3.8) is 0 Å². The van der Waals surface area contributed by atoms with E-state index in [9.17, 15) is 0 Å². The molecule has 10 rings (SSSR count). The van der Waals surface area contributed by atoms with E-state index >= 15 is 0 Å². The van der Waals surface area contributed by atoms with Gasteiger partial charge < -0.3 is 14.0 Å². The molecule has 1 N–H and O–H groups in total. The second-order valence-corrected chi connectivity index (χ2v) is 24.6. The lowest BCUT2D eigenvalue weighted by molar-refractivity contribution is 0.559. The van der Waals surface area contributed by atoms with Crippen LogP contribution in [0, 0.1) is 0 Å². The number of fused-ring (bicyclic) bond motifs is 10. The molecule has 4 heteroatoms. The number of nitrogens with zero attached hydrogens (tertiary/aromatic N) is 1. The third-order valence-corrected chi connectivity index (χ3v) is 14.5. The maximum Gasteiger partial charge on any atom is 0.145 e. The van der Waals surface area contributed by atoms with Gasteiger partial charge in [-0.2, -0.15) is 0 Å². The number of aromatic amines is 1. The van der Waals surface area contributed by atoms with E-state index in [1.807, 2.05) is 0 Å². The van der Waals surface area contributed by atoms with E-state index in [4.69, 9.17) is 16.0 Å². The van der Waals surface area contributed by atoms with Crippen LogP contribution in [0.15, 0.2) is 120 Å². The minimum atomic E-state index is -0.123. The molecule has 0 aliphatic carbocycles. The largest absolute Gasteiger partial charge is 0.455 e. The quantitative estimate of drug-likeness (QED) is 0.188. The van der Waals surface area contributed by atoms with E-state index < -0.39 is 0 Å². The van der Waals surface area contributed by atoms with Gasteiger partial charge in [-0.25, -0.2) is 0 Å². The SMILES string of the molecule is CC(C)(C)c1ccc(-c2ccc(-n3c4cc(-c5cc(C(C)(C)C)cc6c5[nH]c5ccc(C(C)(C)C)cc56)ccc4c4c5oc6c(C(C)(C)C)cc(C(C)(C)C)cc6c5ccc43)c(Cl)c2)cc1. The number of furan rings is 1. The van der Waals surface area contributed by atoms with Gasteiger partial charge in [-0.3, -0.25) is 0 Å². The molecule has 0 atom stereocenters. The Morgan fingerprint density at radius 3 is 1.64 bits per heavy atom. The number of hydrogen-bond acceptors (Lipinski definition) is 1. The summed E-state index contributed by atoms with van der Waals surface area (Å²) in [6.45, 7) is 34.3. The van der Waals surface area contributed by atoms with Gasteiger partial charge in [-0.15, -0.1) is 0 Å². The van der Waals surface area contributed by atoms with Gasteiger partial charge in [-0.1, -0.05) is 170 Å². The summed E-state index contributed by atoms with van der Waals surface area (Å²) in [5.74, 6) is 0. The van der Waals surface area contributed by atoms with E-state index in [1.165, 1.54) is 44.2 Å². The fourth-order valence-corrected chi connectivity index (χ4v) is 10.3. The molecule has 3 heterocycles. The zero-order valence-electron chi connectivity index (χ0n) is 41.7. The number of benzene rings is 7. The average molecular weight is 890 g/mol. The summed E-state index contributed by atoms with van der Waals surface area (Å²) in [7, 11) is 0. The van der Waals surface area contributed by atoms with Gasteiger partial charge in [0.05, 0.1) is 32.6 Å². The first-order chi connectivity index (χ1) is 30.8. The summed E-state index contributed by atoms with van der Waals surface area (Å²) < 4.78 is 9.60. The Kier molecular flexibility index (Phi) is 9.76. The molecule has 0 aliphatic rings. The van der Waals surface area contributed by atoms with E-state index in [2.05, 4.69) is 229 Å². The highest BCUT2D eigenvalue weighted by atomic mass is 35.5. The monoisotopic (exact) mass is 888 g/mol. The molecule has 0 aliphatic heterocycles. The molecule has 0 amide bonds. The normalized spacial score (nSPS) is 13.5. The number of aromatic nitrogens is 2. The van der Waals surface area contributed by atoms with Crippen molar-refractivity contribution in [2.45, 2.75) is 131 Å². The lowest BCUT2D eigenvalue weighted by Gasteiger charge is -2.25. The molecule has 0 saturated carbocycles. The van der Waals surface area contributed by atoms with Gasteiger partial charge >= 0.3 is 0 Å². The zero-order valence-corrected chi connectivity index (χ0v) is 42.5. The summed E-state index contributed by atoms with van der Waals surface area (Å²) in [6.07, 6.45) is 0. The first-order valence-electron chi connectivity index (χ1n) is 23.8. The van der Waals surface area contributed by atoms with Crippen LogP contribution in [-0.2, 0) is 27.1 Å². The van der Waals surface area contributed by atoms with Crippen molar-refractivity contribution in [3.05, 3.63) is 148 Å². The van der Waals surface area contributed by atoms with Crippen molar-refractivity contribution in [2.75, 3.05) is 0 Å². The lowest BCUT2D eigenvalue weighted by atomic mass is 9.79. The highest BCUT2D eigenvalue weighted by Crippen LogP contribution is 2.47. The van der Waals surface area contributed by atoms with Gasteiger partial charge in [0.2, 0.25) is 0 Å². The van der Waals surface area contributed by atoms with Crippen LogP contribution in [0.5, 0.6) is 0 Å². The Balaban J connectivity index is 1.28. The fourth-order valence-electron chi connectivity index (χ4n) is 10.0. The standard InChI is InChI=1S/C62H65ClN2O/c1-58(2,3)38-20-16-35(17-21-38)36-19-26-51(49(63)28-36)65-52-27-24-42-47-33-41(61(10,11)12)34-48(62(13,14)15)56(47)66-57(42)54(52)43-23-18-37(29-53(43)65)44-31-40(60(7,8)9)32-46-45-30-39(59(4,5)6)22-25-50(45)64-55(44)46/h16-34,64H,1-15H3. The van der Waals surface area contributed by atoms with Crippen molar-refractivity contribution in [3.8, 4) is 27.9 Å². The molecule has 0 saturated heterocycles. The minimum Gasteiger partial charge on any atom is -0.455 e.